The lowest BCUT2D eigenvalue weighted by atomic mass is 9.89. The van der Waals surface area contributed by atoms with Crippen LogP contribution < -0.4 is 10.9 Å². The molecular weight excluding hydrogens is 767 g/mol. The Morgan fingerprint density at radius 3 is 2.43 bits per heavy atom. The number of hydrogen-bond acceptors (Lipinski definition) is 6. The Morgan fingerprint density at radius 2 is 1.66 bits per heavy atom. The first-order valence-corrected chi connectivity index (χ1v) is 20.3. The molecule has 0 N–H and O–H groups in total. The maximum Gasteiger partial charge on any atom is 0.380 e. The molecule has 0 saturated carbocycles. The number of allylic oxidation sites excluding steroid dienone is 7. The zero-order valence-corrected chi connectivity index (χ0v) is 31.4. The lowest BCUT2D eigenvalue weighted by Gasteiger charge is -2.26. The normalized spacial score (nSPS) is 19.9. The maximum atomic E-state index is 15.9. The zero-order chi connectivity index (χ0) is 37.6. The number of fused-ring (bicyclic) bond motifs is 4. The monoisotopic (exact) mass is 794 g/mol. The highest BCUT2D eigenvalue weighted by Crippen LogP contribution is 2.64. The average molecular weight is 795 g/mol. The van der Waals surface area contributed by atoms with Gasteiger partial charge in [-0.15, -0.1) is 45.8 Å². The highest BCUT2D eigenvalue weighted by molar-refractivity contribution is 8.02. The van der Waals surface area contributed by atoms with Gasteiger partial charge in [0.1, 0.15) is 0 Å². The van der Waals surface area contributed by atoms with Crippen LogP contribution in [0.3, 0.4) is 0 Å². The second-order valence-electron chi connectivity index (χ2n) is 13.2. The third-order valence-corrected chi connectivity index (χ3v) is 14.4. The third-order valence-electron chi connectivity index (χ3n) is 10.0. The Kier molecular flexibility index (Phi) is 8.71. The predicted octanol–water partition coefficient (Wildman–Crippen LogP) is 12.2. The van der Waals surface area contributed by atoms with Crippen molar-refractivity contribution in [2.75, 3.05) is 6.26 Å². The number of thioether (sulfide) groups is 1. The molecule has 1 atom stereocenters. The van der Waals surface area contributed by atoms with Crippen molar-refractivity contribution in [3.05, 3.63) is 141 Å². The van der Waals surface area contributed by atoms with Gasteiger partial charge in [-0.05, 0) is 96.5 Å². The quantitative estimate of drug-likeness (QED) is 0.0975. The van der Waals surface area contributed by atoms with Crippen LogP contribution in [0.2, 0.25) is 0 Å². The summed E-state index contributed by atoms with van der Waals surface area (Å²) in [5.74, 6) is -16.7. The minimum Gasteiger partial charge on any atom is -0.289 e. The van der Waals surface area contributed by atoms with Crippen LogP contribution in [0.5, 0.6) is 0 Å². The first-order valence-electron chi connectivity index (χ1n) is 16.6. The van der Waals surface area contributed by atoms with E-state index in [0.29, 0.717) is 41.9 Å². The van der Waals surface area contributed by atoms with Crippen molar-refractivity contribution >= 4 is 83.7 Å². The molecule has 2 nitrogen and oxygen atoms in total. The fourth-order valence-corrected chi connectivity index (χ4v) is 11.3. The van der Waals surface area contributed by atoms with E-state index in [1.54, 1.807) is 42.7 Å². The molecule has 3 heterocycles. The number of aryl methyl sites for hydroxylation is 2. The molecule has 2 aromatic carbocycles. The molecule has 0 spiro atoms. The van der Waals surface area contributed by atoms with E-state index in [0.717, 1.165) is 50.4 Å². The zero-order valence-electron chi connectivity index (χ0n) is 28.1. The highest BCUT2D eigenvalue weighted by Gasteiger charge is 2.80. The van der Waals surface area contributed by atoms with E-state index in [1.165, 1.54) is 41.7 Å². The molecule has 0 saturated heterocycles. The molecule has 0 aliphatic heterocycles. The molecule has 0 fully saturated rings. The second kappa shape index (κ2) is 12.8. The summed E-state index contributed by atoms with van der Waals surface area (Å²) in [4.78, 5) is 29.5. The SMILES string of the molecule is C=C(/C=C(\SC)C1C=Cc2sc3c(c(=O)c2C1)C=CCC3)C1=C(c2cc(-c3ccc4sc5ccccc5c(=O)c4c3)sc2C)C(F)(F)C(F)(F)C1(F)F. The lowest BCUT2D eigenvalue weighted by molar-refractivity contribution is -0.259. The van der Waals surface area contributed by atoms with Gasteiger partial charge in [0.05, 0.1) is 0 Å². The standard InChI is InChI=1S/C41H28F6O2S4/c1-20(16-33(50-3)22-12-14-31-27(17-22)37(48)24-8-4-6-10-29(24)52-31)35-36(40(44,45)41(46,47)39(35,42)43)26-19-34(51-21(26)2)23-13-15-32-28(18-23)38(49)25-9-5-7-11-30(25)53-32/h4-5,7-9,11-16,18-19,22H,1,6,10,17H2,2-3H3/b33-16-. The van der Waals surface area contributed by atoms with Gasteiger partial charge in [0.15, 0.2) is 10.9 Å². The van der Waals surface area contributed by atoms with Gasteiger partial charge < -0.3 is 0 Å². The topological polar surface area (TPSA) is 34.1 Å². The van der Waals surface area contributed by atoms with Gasteiger partial charge >= 0.3 is 17.8 Å². The van der Waals surface area contributed by atoms with Crippen LogP contribution in [0.1, 0.15) is 37.7 Å². The van der Waals surface area contributed by atoms with Crippen LogP contribution in [0.25, 0.3) is 48.3 Å². The van der Waals surface area contributed by atoms with Crippen molar-refractivity contribution in [1.29, 1.82) is 0 Å². The van der Waals surface area contributed by atoms with Crippen LogP contribution >= 0.6 is 45.8 Å². The fourth-order valence-electron chi connectivity index (χ4n) is 7.32. The highest BCUT2D eigenvalue weighted by atomic mass is 32.2. The van der Waals surface area contributed by atoms with Crippen LogP contribution in [0.4, 0.5) is 26.3 Å². The summed E-state index contributed by atoms with van der Waals surface area (Å²) in [6, 6.07) is 13.4. The van der Waals surface area contributed by atoms with E-state index in [1.807, 2.05) is 30.4 Å². The van der Waals surface area contributed by atoms with Gasteiger partial charge in [0, 0.05) is 67.9 Å². The van der Waals surface area contributed by atoms with E-state index in [-0.39, 0.29) is 22.2 Å². The van der Waals surface area contributed by atoms with E-state index >= 15 is 26.3 Å². The van der Waals surface area contributed by atoms with Gasteiger partial charge in [-0.2, -0.15) is 26.3 Å². The van der Waals surface area contributed by atoms with Crippen molar-refractivity contribution in [3.8, 4) is 10.4 Å². The molecule has 3 aliphatic carbocycles. The first kappa shape index (κ1) is 36.0. The van der Waals surface area contributed by atoms with Gasteiger partial charge in [-0.1, -0.05) is 43.0 Å². The summed E-state index contributed by atoms with van der Waals surface area (Å²) in [5.41, 5.74) is -2.76. The van der Waals surface area contributed by atoms with Crippen LogP contribution in [0.15, 0.2) is 99.0 Å². The Bertz CT molecular complexity index is 2650. The maximum absolute atomic E-state index is 15.9. The molecule has 0 amide bonds. The first-order chi connectivity index (χ1) is 25.2. The molecular formula is C41H28F6O2S4. The smallest absolute Gasteiger partial charge is 0.289 e. The summed E-state index contributed by atoms with van der Waals surface area (Å²) in [6.45, 7) is 5.10. The van der Waals surface area contributed by atoms with E-state index in [9.17, 15) is 9.59 Å². The molecule has 12 heteroatoms. The summed E-state index contributed by atoms with van der Waals surface area (Å²) in [6.07, 6.45) is 12.1. The molecule has 3 aliphatic rings. The minimum atomic E-state index is -5.74. The van der Waals surface area contributed by atoms with Crippen molar-refractivity contribution < 1.29 is 26.3 Å². The van der Waals surface area contributed by atoms with E-state index in [4.69, 9.17) is 0 Å². The Morgan fingerprint density at radius 1 is 0.906 bits per heavy atom. The summed E-state index contributed by atoms with van der Waals surface area (Å²) < 4.78 is 95.4. The van der Waals surface area contributed by atoms with Gasteiger partial charge in [0.2, 0.25) is 0 Å². The molecule has 8 rings (SSSR count). The second-order valence-corrected chi connectivity index (χ2v) is 17.5. The van der Waals surface area contributed by atoms with Gasteiger partial charge in [0.25, 0.3) is 0 Å². The number of hydrogen-bond donors (Lipinski definition) is 0. The van der Waals surface area contributed by atoms with Gasteiger partial charge in [-0.25, -0.2) is 0 Å². The number of rotatable bonds is 6. The average Bonchev–Trinajstić information content (AvgIpc) is 3.56. The molecule has 0 bridgehead atoms. The number of thiophene rings is 1. The van der Waals surface area contributed by atoms with Crippen molar-refractivity contribution in [2.24, 2.45) is 5.92 Å². The third kappa shape index (κ3) is 5.50. The Hall–Kier alpha value is -3.97. The van der Waals surface area contributed by atoms with E-state index < -0.39 is 46.0 Å². The molecule has 53 heavy (non-hydrogen) atoms. The number of alkyl halides is 6. The molecule has 270 valence electrons. The Balaban J connectivity index is 1.22. The summed E-state index contributed by atoms with van der Waals surface area (Å²) in [7, 11) is 0. The van der Waals surface area contributed by atoms with E-state index in [2.05, 4.69) is 6.58 Å². The molecule has 5 aromatic rings. The van der Waals surface area contributed by atoms with Crippen molar-refractivity contribution in [1.82, 2.24) is 0 Å². The van der Waals surface area contributed by atoms with Crippen LogP contribution in [0, 0.1) is 12.8 Å². The Labute approximate surface area is 316 Å². The predicted molar refractivity (Wildman–Crippen MR) is 210 cm³/mol. The molecule has 1 unspecified atom stereocenters. The largest absolute Gasteiger partial charge is 0.380 e. The van der Waals surface area contributed by atoms with Crippen molar-refractivity contribution in [2.45, 2.75) is 44.0 Å². The fraction of sp³-hybridized carbons (Fsp3) is 0.220. The summed E-state index contributed by atoms with van der Waals surface area (Å²) in [5, 5.41) is 0.913. The summed E-state index contributed by atoms with van der Waals surface area (Å²) >= 11 is 5.07. The number of halogens is 6. The molecule has 3 aromatic heterocycles. The minimum absolute atomic E-state index is 0.111. The lowest BCUT2D eigenvalue weighted by Crippen LogP contribution is -2.49. The van der Waals surface area contributed by atoms with Crippen molar-refractivity contribution in [3.63, 3.8) is 0 Å². The number of benzene rings is 2. The van der Waals surface area contributed by atoms with Crippen LogP contribution in [-0.2, 0) is 12.8 Å². The van der Waals surface area contributed by atoms with Crippen LogP contribution in [-0.4, -0.2) is 24.0 Å². The van der Waals surface area contributed by atoms with Gasteiger partial charge in [-0.3, -0.25) is 9.59 Å². The molecule has 0 radical (unpaired) electrons.